The fraction of sp³-hybridized carbons (Fsp3) is 0.455. The summed E-state index contributed by atoms with van der Waals surface area (Å²) >= 11 is 5.86. The number of hydrogen-bond acceptors (Lipinski definition) is 2. The molecule has 0 fully saturated rings. The van der Waals surface area contributed by atoms with E-state index in [0.717, 1.165) is 6.42 Å². The molecule has 0 aliphatic carbocycles. The van der Waals surface area contributed by atoms with Crippen LogP contribution in [0.3, 0.4) is 0 Å². The molecule has 1 amide bonds. The van der Waals surface area contributed by atoms with Gasteiger partial charge >= 0.3 is 0 Å². The summed E-state index contributed by atoms with van der Waals surface area (Å²) in [4.78, 5) is 15.5. The molecule has 0 saturated carbocycles. The summed E-state index contributed by atoms with van der Waals surface area (Å²) in [6, 6.07) is 3.43. The average molecular weight is 227 g/mol. The predicted molar refractivity (Wildman–Crippen MR) is 61.9 cm³/mol. The molecule has 0 aromatic carbocycles. The van der Waals surface area contributed by atoms with Crippen molar-refractivity contribution in [2.75, 3.05) is 5.32 Å². The second kappa shape index (κ2) is 5.71. The van der Waals surface area contributed by atoms with Crippen LogP contribution in [0.25, 0.3) is 0 Å². The third-order valence-corrected chi connectivity index (χ3v) is 2.55. The van der Waals surface area contributed by atoms with E-state index in [1.54, 1.807) is 18.3 Å². The molecule has 1 unspecified atom stereocenters. The van der Waals surface area contributed by atoms with Crippen LogP contribution in [0, 0.1) is 5.92 Å². The number of aromatic nitrogens is 1. The Morgan fingerprint density at radius 3 is 3.00 bits per heavy atom. The molecule has 0 aliphatic rings. The normalized spacial score (nSPS) is 12.2. The van der Waals surface area contributed by atoms with Crippen LogP contribution in [-0.4, -0.2) is 10.9 Å². The maximum Gasteiger partial charge on any atom is 0.225 e. The zero-order valence-corrected chi connectivity index (χ0v) is 9.71. The van der Waals surface area contributed by atoms with Gasteiger partial charge in [0.05, 0.1) is 5.02 Å². The van der Waals surface area contributed by atoms with Gasteiger partial charge in [0.2, 0.25) is 5.91 Å². The maximum atomic E-state index is 11.5. The van der Waals surface area contributed by atoms with Gasteiger partial charge in [0.25, 0.3) is 0 Å². The van der Waals surface area contributed by atoms with Gasteiger partial charge in [0.1, 0.15) is 0 Å². The molecule has 0 spiro atoms. The highest BCUT2D eigenvalue weighted by molar-refractivity contribution is 6.33. The lowest BCUT2D eigenvalue weighted by Gasteiger charge is -2.09. The zero-order chi connectivity index (χ0) is 11.3. The van der Waals surface area contributed by atoms with E-state index in [-0.39, 0.29) is 5.91 Å². The van der Waals surface area contributed by atoms with E-state index >= 15 is 0 Å². The highest BCUT2D eigenvalue weighted by atomic mass is 35.5. The van der Waals surface area contributed by atoms with Crippen molar-refractivity contribution in [2.45, 2.75) is 26.7 Å². The molecular formula is C11H15ClN2O. The molecule has 1 rings (SSSR count). The minimum absolute atomic E-state index is 0.0371. The van der Waals surface area contributed by atoms with E-state index in [2.05, 4.69) is 17.2 Å². The number of rotatable bonds is 4. The van der Waals surface area contributed by atoms with Crippen molar-refractivity contribution in [3.05, 3.63) is 23.4 Å². The Bertz CT molecular complexity index is 341. The molecule has 0 aliphatic heterocycles. The van der Waals surface area contributed by atoms with E-state index in [4.69, 9.17) is 11.6 Å². The van der Waals surface area contributed by atoms with Crippen molar-refractivity contribution in [3.8, 4) is 0 Å². The van der Waals surface area contributed by atoms with Gasteiger partial charge in [-0.1, -0.05) is 31.9 Å². The highest BCUT2D eigenvalue weighted by Gasteiger charge is 2.09. The molecule has 15 heavy (non-hydrogen) atoms. The number of carbonyl (C=O) groups is 1. The van der Waals surface area contributed by atoms with Crippen LogP contribution in [0.4, 0.5) is 5.82 Å². The van der Waals surface area contributed by atoms with Gasteiger partial charge in [0, 0.05) is 12.6 Å². The Labute approximate surface area is 94.9 Å². The third-order valence-electron chi connectivity index (χ3n) is 2.25. The topological polar surface area (TPSA) is 42.0 Å². The number of nitrogens with one attached hydrogen (secondary N) is 1. The van der Waals surface area contributed by atoms with Crippen molar-refractivity contribution >= 4 is 23.3 Å². The van der Waals surface area contributed by atoms with Crippen LogP contribution in [0.2, 0.25) is 5.02 Å². The second-order valence-corrected chi connectivity index (χ2v) is 4.01. The van der Waals surface area contributed by atoms with Gasteiger partial charge in [0.15, 0.2) is 5.82 Å². The summed E-state index contributed by atoms with van der Waals surface area (Å²) in [5.41, 5.74) is 0. The summed E-state index contributed by atoms with van der Waals surface area (Å²) in [7, 11) is 0. The molecular weight excluding hydrogens is 212 g/mol. The van der Waals surface area contributed by atoms with E-state index in [0.29, 0.717) is 23.2 Å². The fourth-order valence-corrected chi connectivity index (χ4v) is 1.29. The number of halogens is 1. The minimum Gasteiger partial charge on any atom is -0.309 e. The van der Waals surface area contributed by atoms with Crippen LogP contribution < -0.4 is 5.32 Å². The summed E-state index contributed by atoms with van der Waals surface area (Å²) in [5, 5.41) is 3.16. The van der Waals surface area contributed by atoms with Gasteiger partial charge in [-0.25, -0.2) is 4.98 Å². The first-order valence-electron chi connectivity index (χ1n) is 5.03. The minimum atomic E-state index is -0.0371. The Hall–Kier alpha value is -1.09. The smallest absolute Gasteiger partial charge is 0.225 e. The molecule has 0 saturated heterocycles. The highest BCUT2D eigenvalue weighted by Crippen LogP contribution is 2.18. The number of anilines is 1. The number of amides is 1. The predicted octanol–water partition coefficient (Wildman–Crippen LogP) is 3.11. The van der Waals surface area contributed by atoms with Crippen LogP contribution in [0.1, 0.15) is 26.7 Å². The van der Waals surface area contributed by atoms with Crippen LogP contribution >= 0.6 is 11.6 Å². The molecule has 0 radical (unpaired) electrons. The Kier molecular flexibility index (Phi) is 4.56. The summed E-state index contributed by atoms with van der Waals surface area (Å²) in [5.74, 6) is 0.782. The quantitative estimate of drug-likeness (QED) is 0.857. The molecule has 1 N–H and O–H groups in total. The molecule has 1 heterocycles. The van der Waals surface area contributed by atoms with Crippen LogP contribution in [0.5, 0.6) is 0 Å². The number of hydrogen-bond donors (Lipinski definition) is 1. The van der Waals surface area contributed by atoms with Gasteiger partial charge in [-0.05, 0) is 18.1 Å². The Morgan fingerprint density at radius 2 is 2.40 bits per heavy atom. The van der Waals surface area contributed by atoms with Crippen molar-refractivity contribution in [1.82, 2.24) is 4.98 Å². The van der Waals surface area contributed by atoms with Gasteiger partial charge < -0.3 is 5.32 Å². The zero-order valence-electron chi connectivity index (χ0n) is 8.96. The largest absolute Gasteiger partial charge is 0.309 e. The molecule has 1 atom stereocenters. The van der Waals surface area contributed by atoms with Gasteiger partial charge in [-0.2, -0.15) is 0 Å². The van der Waals surface area contributed by atoms with Crippen LogP contribution in [-0.2, 0) is 4.79 Å². The second-order valence-electron chi connectivity index (χ2n) is 3.60. The van der Waals surface area contributed by atoms with Crippen molar-refractivity contribution in [1.29, 1.82) is 0 Å². The molecule has 3 nitrogen and oxygen atoms in total. The summed E-state index contributed by atoms with van der Waals surface area (Å²) < 4.78 is 0. The van der Waals surface area contributed by atoms with Crippen molar-refractivity contribution in [3.63, 3.8) is 0 Å². The first kappa shape index (κ1) is 12.0. The van der Waals surface area contributed by atoms with E-state index in [1.165, 1.54) is 0 Å². The molecule has 82 valence electrons. The van der Waals surface area contributed by atoms with Gasteiger partial charge in [-0.3, -0.25) is 4.79 Å². The molecule has 1 aromatic heterocycles. The Balaban J connectivity index is 2.55. The molecule has 0 bridgehead atoms. The van der Waals surface area contributed by atoms with E-state index < -0.39 is 0 Å². The number of pyridine rings is 1. The summed E-state index contributed by atoms with van der Waals surface area (Å²) in [6.45, 7) is 4.10. The Morgan fingerprint density at radius 1 is 1.67 bits per heavy atom. The maximum absolute atomic E-state index is 11.5. The summed E-state index contributed by atoms with van der Waals surface area (Å²) in [6.07, 6.45) is 3.09. The number of nitrogens with zero attached hydrogens (tertiary/aromatic N) is 1. The van der Waals surface area contributed by atoms with Crippen molar-refractivity contribution in [2.24, 2.45) is 5.92 Å². The fourth-order valence-electron chi connectivity index (χ4n) is 1.12. The van der Waals surface area contributed by atoms with Crippen LogP contribution in [0.15, 0.2) is 18.3 Å². The lowest BCUT2D eigenvalue weighted by molar-refractivity contribution is -0.117. The molecule has 4 heteroatoms. The SMILES string of the molecule is CCC(C)CC(=O)Nc1ncccc1Cl. The number of carbonyl (C=O) groups excluding carboxylic acids is 1. The standard InChI is InChI=1S/C11H15ClN2O/c1-3-8(2)7-10(15)14-11-9(12)5-4-6-13-11/h4-6,8H,3,7H2,1-2H3,(H,13,14,15). The first-order valence-corrected chi connectivity index (χ1v) is 5.41. The van der Waals surface area contributed by atoms with Gasteiger partial charge in [-0.15, -0.1) is 0 Å². The molecule has 1 aromatic rings. The van der Waals surface area contributed by atoms with E-state index in [1.807, 2.05) is 6.92 Å². The van der Waals surface area contributed by atoms with E-state index in [9.17, 15) is 4.79 Å². The average Bonchev–Trinajstić information content (AvgIpc) is 2.21. The monoisotopic (exact) mass is 226 g/mol. The first-order chi connectivity index (χ1) is 7.13. The lowest BCUT2D eigenvalue weighted by Crippen LogP contribution is -2.15. The van der Waals surface area contributed by atoms with Crippen molar-refractivity contribution < 1.29 is 4.79 Å². The third kappa shape index (κ3) is 3.88. The lowest BCUT2D eigenvalue weighted by atomic mass is 10.1.